The van der Waals surface area contributed by atoms with Crippen LogP contribution in [0.3, 0.4) is 0 Å². The average Bonchev–Trinajstić information content (AvgIpc) is 3.16. The van der Waals surface area contributed by atoms with Gasteiger partial charge in [0.1, 0.15) is 16.5 Å². The lowest BCUT2D eigenvalue weighted by Gasteiger charge is -2.13. The Hall–Kier alpha value is -3.52. The fourth-order valence-corrected chi connectivity index (χ4v) is 3.20. The Labute approximate surface area is 175 Å². The molecule has 0 atom stereocenters. The summed E-state index contributed by atoms with van der Waals surface area (Å²) >= 11 is 6.21. The SMILES string of the molecule is Cc1ccn(-c2ccccc2CNc2cnn(-c3ccc(F)cc3F)c(=O)c2Cl)n1. The molecule has 0 saturated carbocycles. The molecule has 2 aromatic carbocycles. The van der Waals surface area contributed by atoms with Gasteiger partial charge in [0.25, 0.3) is 5.56 Å². The highest BCUT2D eigenvalue weighted by molar-refractivity contribution is 6.32. The lowest BCUT2D eigenvalue weighted by Crippen LogP contribution is -2.23. The maximum atomic E-state index is 14.0. The third-order valence-corrected chi connectivity index (χ3v) is 4.85. The van der Waals surface area contributed by atoms with Gasteiger partial charge in [-0.3, -0.25) is 4.79 Å². The molecule has 2 aromatic heterocycles. The highest BCUT2D eigenvalue weighted by atomic mass is 35.5. The van der Waals surface area contributed by atoms with Crippen LogP contribution in [0.4, 0.5) is 14.5 Å². The van der Waals surface area contributed by atoms with Gasteiger partial charge in [-0.1, -0.05) is 29.8 Å². The Bertz CT molecular complexity index is 1280. The van der Waals surface area contributed by atoms with E-state index in [0.29, 0.717) is 18.3 Å². The van der Waals surface area contributed by atoms with Crippen LogP contribution in [-0.4, -0.2) is 19.6 Å². The number of aryl methyl sites for hydroxylation is 1. The predicted molar refractivity (Wildman–Crippen MR) is 110 cm³/mol. The first-order chi connectivity index (χ1) is 14.4. The molecule has 0 saturated heterocycles. The molecule has 30 heavy (non-hydrogen) atoms. The minimum absolute atomic E-state index is 0.152. The van der Waals surface area contributed by atoms with Crippen molar-refractivity contribution < 1.29 is 8.78 Å². The Morgan fingerprint density at radius 1 is 1.10 bits per heavy atom. The second kappa shape index (κ2) is 8.08. The molecular weight excluding hydrogens is 412 g/mol. The van der Waals surface area contributed by atoms with Crippen molar-refractivity contribution in [3.8, 4) is 11.4 Å². The van der Waals surface area contributed by atoms with Crippen molar-refractivity contribution >= 4 is 17.3 Å². The maximum absolute atomic E-state index is 14.0. The van der Waals surface area contributed by atoms with Crippen LogP contribution in [0.15, 0.2) is 65.7 Å². The molecule has 0 aliphatic heterocycles. The van der Waals surface area contributed by atoms with Crippen molar-refractivity contribution in [3.63, 3.8) is 0 Å². The van der Waals surface area contributed by atoms with E-state index in [1.165, 1.54) is 6.20 Å². The number of aromatic nitrogens is 4. The summed E-state index contributed by atoms with van der Waals surface area (Å²) in [6.45, 7) is 2.26. The van der Waals surface area contributed by atoms with Crippen molar-refractivity contribution in [1.29, 1.82) is 0 Å². The van der Waals surface area contributed by atoms with E-state index in [4.69, 9.17) is 11.6 Å². The standard InChI is InChI=1S/C21H16ClF2N5O/c1-13-8-9-28(27-13)18-5-3-2-4-14(18)11-25-17-12-26-29(21(30)20(17)22)19-7-6-15(23)10-16(19)24/h2-10,12,25H,11H2,1H3. The van der Waals surface area contributed by atoms with Crippen molar-refractivity contribution in [1.82, 2.24) is 19.6 Å². The van der Waals surface area contributed by atoms with E-state index in [-0.39, 0.29) is 10.7 Å². The first kappa shape index (κ1) is 19.8. The van der Waals surface area contributed by atoms with Gasteiger partial charge >= 0.3 is 0 Å². The zero-order valence-corrected chi connectivity index (χ0v) is 16.6. The van der Waals surface area contributed by atoms with Crippen LogP contribution in [-0.2, 0) is 6.54 Å². The summed E-state index contributed by atoms with van der Waals surface area (Å²) < 4.78 is 29.7. The number of rotatable bonds is 5. The van der Waals surface area contributed by atoms with Gasteiger partial charge < -0.3 is 5.32 Å². The number of benzene rings is 2. The zero-order valence-electron chi connectivity index (χ0n) is 15.8. The van der Waals surface area contributed by atoms with Gasteiger partial charge in [-0.2, -0.15) is 14.9 Å². The summed E-state index contributed by atoms with van der Waals surface area (Å²) in [4.78, 5) is 12.6. The van der Waals surface area contributed by atoms with E-state index in [2.05, 4.69) is 15.5 Å². The van der Waals surface area contributed by atoms with E-state index in [1.807, 2.05) is 43.5 Å². The van der Waals surface area contributed by atoms with Crippen molar-refractivity contribution in [2.75, 3.05) is 5.32 Å². The smallest absolute Gasteiger partial charge is 0.292 e. The highest BCUT2D eigenvalue weighted by Gasteiger charge is 2.14. The number of halogens is 3. The molecule has 6 nitrogen and oxygen atoms in total. The number of hydrogen-bond acceptors (Lipinski definition) is 4. The molecular formula is C21H16ClF2N5O. The molecule has 0 aliphatic rings. The number of nitrogens with one attached hydrogen (secondary N) is 1. The minimum atomic E-state index is -0.912. The Kier molecular flexibility index (Phi) is 5.33. The second-order valence-corrected chi connectivity index (χ2v) is 6.95. The van der Waals surface area contributed by atoms with Crippen LogP contribution in [0.5, 0.6) is 0 Å². The Morgan fingerprint density at radius 2 is 1.90 bits per heavy atom. The van der Waals surface area contributed by atoms with E-state index in [9.17, 15) is 13.6 Å². The topological polar surface area (TPSA) is 64.7 Å². The lowest BCUT2D eigenvalue weighted by atomic mass is 10.1. The number of para-hydroxylation sites is 1. The quantitative estimate of drug-likeness (QED) is 0.516. The number of anilines is 1. The molecule has 0 radical (unpaired) electrons. The minimum Gasteiger partial charge on any atom is -0.378 e. The van der Waals surface area contributed by atoms with Crippen LogP contribution in [0, 0.1) is 18.6 Å². The molecule has 152 valence electrons. The van der Waals surface area contributed by atoms with Gasteiger partial charge in [0.05, 0.1) is 23.3 Å². The van der Waals surface area contributed by atoms with Crippen LogP contribution in [0.25, 0.3) is 11.4 Å². The monoisotopic (exact) mass is 427 g/mol. The summed E-state index contributed by atoms with van der Waals surface area (Å²) in [6, 6.07) is 12.4. The first-order valence-corrected chi connectivity index (χ1v) is 9.39. The van der Waals surface area contributed by atoms with Gasteiger partial charge in [-0.25, -0.2) is 13.5 Å². The van der Waals surface area contributed by atoms with Crippen molar-refractivity contribution in [2.24, 2.45) is 0 Å². The van der Waals surface area contributed by atoms with Crippen molar-refractivity contribution in [3.05, 3.63) is 99.2 Å². The van der Waals surface area contributed by atoms with Crippen LogP contribution in [0.2, 0.25) is 5.02 Å². The second-order valence-electron chi connectivity index (χ2n) is 6.57. The summed E-state index contributed by atoms with van der Waals surface area (Å²) in [5, 5.41) is 11.3. The normalized spacial score (nSPS) is 10.9. The fourth-order valence-electron chi connectivity index (χ4n) is 3.00. The molecule has 0 fully saturated rings. The zero-order chi connectivity index (χ0) is 21.3. The molecule has 4 aromatic rings. The molecule has 9 heteroatoms. The molecule has 0 spiro atoms. The molecule has 0 aliphatic carbocycles. The summed E-state index contributed by atoms with van der Waals surface area (Å²) in [5.74, 6) is -1.66. The molecule has 1 N–H and O–H groups in total. The molecule has 2 heterocycles. The van der Waals surface area contributed by atoms with Crippen LogP contribution < -0.4 is 10.9 Å². The largest absolute Gasteiger partial charge is 0.378 e. The van der Waals surface area contributed by atoms with Crippen molar-refractivity contribution in [2.45, 2.75) is 13.5 Å². The van der Waals surface area contributed by atoms with E-state index < -0.39 is 17.2 Å². The Morgan fingerprint density at radius 3 is 2.63 bits per heavy atom. The van der Waals surface area contributed by atoms with Crippen LogP contribution in [0.1, 0.15) is 11.3 Å². The molecule has 0 amide bonds. The van der Waals surface area contributed by atoms with E-state index >= 15 is 0 Å². The summed E-state index contributed by atoms with van der Waals surface area (Å²) in [6.07, 6.45) is 3.19. The average molecular weight is 428 g/mol. The van der Waals surface area contributed by atoms with Gasteiger partial charge in [-0.15, -0.1) is 0 Å². The number of hydrogen-bond donors (Lipinski definition) is 1. The van der Waals surface area contributed by atoms with Gasteiger partial charge in [0, 0.05) is 18.8 Å². The third-order valence-electron chi connectivity index (χ3n) is 4.49. The third kappa shape index (κ3) is 3.81. The fraction of sp³-hybridized carbons (Fsp3) is 0.0952. The lowest BCUT2D eigenvalue weighted by molar-refractivity contribution is 0.571. The summed E-state index contributed by atoms with van der Waals surface area (Å²) in [5.41, 5.74) is 2.08. The van der Waals surface area contributed by atoms with E-state index in [1.54, 1.807) is 4.68 Å². The predicted octanol–water partition coefficient (Wildman–Crippen LogP) is 4.27. The Balaban J connectivity index is 1.62. The molecule has 4 rings (SSSR count). The maximum Gasteiger partial charge on any atom is 0.292 e. The molecule has 0 bridgehead atoms. The molecule has 0 unspecified atom stereocenters. The van der Waals surface area contributed by atoms with Crippen LogP contribution >= 0.6 is 11.6 Å². The van der Waals surface area contributed by atoms with Gasteiger partial charge in [-0.05, 0) is 36.8 Å². The van der Waals surface area contributed by atoms with E-state index in [0.717, 1.165) is 33.8 Å². The van der Waals surface area contributed by atoms with Gasteiger partial charge in [0.2, 0.25) is 0 Å². The summed E-state index contributed by atoms with van der Waals surface area (Å²) in [7, 11) is 0. The van der Waals surface area contributed by atoms with Gasteiger partial charge in [0.15, 0.2) is 5.82 Å². The number of nitrogens with zero attached hydrogens (tertiary/aromatic N) is 4. The first-order valence-electron chi connectivity index (χ1n) is 9.02. The highest BCUT2D eigenvalue weighted by Crippen LogP contribution is 2.21.